The highest BCUT2D eigenvalue weighted by Gasteiger charge is 2.43. The van der Waals surface area contributed by atoms with Crippen molar-refractivity contribution >= 4 is 27.4 Å². The fourth-order valence-electron chi connectivity index (χ4n) is 2.06. The fraction of sp³-hybridized carbons (Fsp3) is 0.214. The average molecular weight is 434 g/mol. The molecule has 0 saturated heterocycles. The Bertz CT molecular complexity index is 799. The van der Waals surface area contributed by atoms with Crippen LogP contribution < -0.4 is 5.32 Å². The number of hydrogen-bond donors (Lipinski definition) is 2. The zero-order valence-corrected chi connectivity index (χ0v) is 13.4. The van der Waals surface area contributed by atoms with Gasteiger partial charge in [0.05, 0.1) is 12.1 Å². The first kappa shape index (κ1) is 19.3. The quantitative estimate of drug-likeness (QED) is 0.421. The third-order valence-corrected chi connectivity index (χ3v) is 3.53. The Labute approximate surface area is 143 Å². The molecule has 1 aliphatic carbocycles. The van der Waals surface area contributed by atoms with Gasteiger partial charge in [0.1, 0.15) is 11.6 Å². The third-order valence-electron chi connectivity index (χ3n) is 3.17. The summed E-state index contributed by atoms with van der Waals surface area (Å²) in [6, 6.07) is 0.404. The van der Waals surface area contributed by atoms with Gasteiger partial charge in [-0.2, -0.15) is 8.78 Å². The number of amides is 1. The smallest absolute Gasteiger partial charge is 0.378 e. The summed E-state index contributed by atoms with van der Waals surface area (Å²) in [5, 5.41) is 11.0. The molecule has 1 aromatic carbocycles. The Morgan fingerprint density at radius 1 is 1.24 bits per heavy atom. The molecule has 2 N–H and O–H groups in total. The van der Waals surface area contributed by atoms with Crippen LogP contribution in [0.3, 0.4) is 0 Å². The Kier molecular flexibility index (Phi) is 4.90. The zero-order chi connectivity index (χ0) is 19.2. The van der Waals surface area contributed by atoms with Gasteiger partial charge in [-0.15, -0.1) is 0 Å². The van der Waals surface area contributed by atoms with E-state index in [0.29, 0.717) is 0 Å². The average Bonchev–Trinajstić information content (AvgIpc) is 2.44. The van der Waals surface area contributed by atoms with E-state index in [2.05, 4.69) is 0 Å². The number of rotatable bonds is 3. The van der Waals surface area contributed by atoms with E-state index in [1.165, 1.54) is 5.32 Å². The Morgan fingerprint density at radius 3 is 2.40 bits per heavy atom. The maximum atomic E-state index is 14.0. The minimum atomic E-state index is -4.08. The van der Waals surface area contributed by atoms with Crippen molar-refractivity contribution in [1.82, 2.24) is 5.32 Å². The lowest BCUT2D eigenvalue weighted by Gasteiger charge is -2.26. The first-order valence-corrected chi connectivity index (χ1v) is 7.17. The van der Waals surface area contributed by atoms with Crippen molar-refractivity contribution < 1.29 is 40.6 Å². The second kappa shape index (κ2) is 6.36. The summed E-state index contributed by atoms with van der Waals surface area (Å²) in [6.07, 6.45) is -1.23. The Balaban J connectivity index is 2.55. The van der Waals surface area contributed by atoms with Crippen molar-refractivity contribution in [3.8, 4) is 0 Å². The largest absolute Gasteiger partial charge is 0.510 e. The van der Waals surface area contributed by atoms with Crippen molar-refractivity contribution in [2.75, 3.05) is 0 Å². The van der Waals surface area contributed by atoms with E-state index in [9.17, 15) is 40.6 Å². The molecule has 1 aliphatic rings. The van der Waals surface area contributed by atoms with Gasteiger partial charge < -0.3 is 10.4 Å². The highest BCUT2D eigenvalue weighted by molar-refractivity contribution is 9.10. The lowest BCUT2D eigenvalue weighted by atomic mass is 9.91. The van der Waals surface area contributed by atoms with E-state index >= 15 is 0 Å². The molecule has 0 heterocycles. The number of alkyl halides is 5. The summed E-state index contributed by atoms with van der Waals surface area (Å²) in [7, 11) is 0. The van der Waals surface area contributed by atoms with Crippen molar-refractivity contribution in [2.45, 2.75) is 17.2 Å². The monoisotopic (exact) mass is 433 g/mol. The molecule has 0 radical (unpaired) electrons. The van der Waals surface area contributed by atoms with E-state index in [-0.39, 0.29) is 18.2 Å². The minimum Gasteiger partial charge on any atom is -0.510 e. The van der Waals surface area contributed by atoms with Gasteiger partial charge in [0.15, 0.2) is 11.6 Å². The van der Waals surface area contributed by atoms with Crippen LogP contribution in [0.5, 0.6) is 0 Å². The first-order valence-electron chi connectivity index (χ1n) is 6.38. The van der Waals surface area contributed by atoms with Gasteiger partial charge in [-0.3, -0.25) is 4.79 Å². The Morgan fingerprint density at radius 2 is 1.84 bits per heavy atom. The van der Waals surface area contributed by atoms with Crippen LogP contribution in [-0.2, 0) is 4.79 Å². The lowest BCUT2D eigenvalue weighted by molar-refractivity contribution is -0.133. The van der Waals surface area contributed by atoms with Crippen LogP contribution in [0.15, 0.2) is 29.7 Å². The number of hydrogen-bond acceptors (Lipinski definition) is 2. The fourth-order valence-corrected chi connectivity index (χ4v) is 2.16. The summed E-state index contributed by atoms with van der Waals surface area (Å²) >= 11 is 1.73. The topological polar surface area (TPSA) is 49.3 Å². The van der Waals surface area contributed by atoms with Gasteiger partial charge in [-0.1, -0.05) is 0 Å². The van der Waals surface area contributed by atoms with Gasteiger partial charge in [-0.25, -0.2) is 22.0 Å². The number of nitrogens with one attached hydrogen (secondary N) is 1. The molecule has 0 atom stereocenters. The molecule has 11 heteroatoms. The highest BCUT2D eigenvalue weighted by Crippen LogP contribution is 2.43. The van der Waals surface area contributed by atoms with Gasteiger partial charge in [-0.05, 0) is 12.1 Å². The van der Waals surface area contributed by atoms with Gasteiger partial charge in [0.25, 0.3) is 5.92 Å². The predicted molar refractivity (Wildman–Crippen MR) is 75.5 cm³/mol. The van der Waals surface area contributed by atoms with Crippen molar-refractivity contribution in [1.29, 1.82) is 0 Å². The molecule has 25 heavy (non-hydrogen) atoms. The number of carbonyl (C=O) groups is 1. The molecule has 0 unspecified atom stereocenters. The van der Waals surface area contributed by atoms with E-state index in [0.717, 1.165) is 0 Å². The molecule has 0 aliphatic heterocycles. The van der Waals surface area contributed by atoms with Gasteiger partial charge >= 0.3 is 10.7 Å². The molecule has 1 aromatic rings. The maximum Gasteiger partial charge on any atom is 0.378 e. The van der Waals surface area contributed by atoms with Gasteiger partial charge in [0, 0.05) is 33.1 Å². The molecule has 3 nitrogen and oxygen atoms in total. The van der Waals surface area contributed by atoms with Crippen molar-refractivity contribution in [2.24, 2.45) is 0 Å². The van der Waals surface area contributed by atoms with E-state index in [4.69, 9.17) is 0 Å². The number of benzene rings is 1. The van der Waals surface area contributed by atoms with Crippen LogP contribution in [0.1, 0.15) is 12.0 Å². The maximum absolute atomic E-state index is 14.0. The SMILES string of the molecule is O=C(NC1=C(O)CC(F)(F)C(c2cc(F)cc(F)c2F)=C1)C(F)(F)Br. The number of aliphatic hydroxyl groups is 1. The molecule has 1 amide bonds. The van der Waals surface area contributed by atoms with Crippen LogP contribution in [0, 0.1) is 17.5 Å². The summed E-state index contributed by atoms with van der Waals surface area (Å²) in [5.74, 6) is -12.1. The summed E-state index contributed by atoms with van der Waals surface area (Å²) in [5.41, 5.74) is -3.35. The third kappa shape index (κ3) is 3.97. The molecule has 2 rings (SSSR count). The molecule has 0 saturated carbocycles. The predicted octanol–water partition coefficient (Wildman–Crippen LogP) is 4.40. The summed E-state index contributed by atoms with van der Waals surface area (Å²) in [4.78, 5) is 7.12. The summed E-state index contributed by atoms with van der Waals surface area (Å²) < 4.78 is 94.0. The molecule has 0 spiro atoms. The minimum absolute atomic E-state index is 0.127. The van der Waals surface area contributed by atoms with Crippen LogP contribution >= 0.6 is 15.9 Å². The van der Waals surface area contributed by atoms with Crippen LogP contribution in [0.25, 0.3) is 5.57 Å². The van der Waals surface area contributed by atoms with Crippen LogP contribution in [0.2, 0.25) is 0 Å². The highest BCUT2D eigenvalue weighted by atomic mass is 79.9. The molecule has 0 fully saturated rings. The second-order valence-electron chi connectivity index (χ2n) is 5.00. The van der Waals surface area contributed by atoms with Crippen molar-refractivity contribution in [3.63, 3.8) is 0 Å². The van der Waals surface area contributed by atoms with Crippen LogP contribution in [0.4, 0.5) is 30.7 Å². The molecule has 136 valence electrons. The normalized spacial score (nSPS) is 17.4. The van der Waals surface area contributed by atoms with E-state index < -0.39 is 63.1 Å². The standard InChI is InChI=1S/C14H7BrF7NO2/c15-14(21,22)12(25)23-9-3-7(13(19,20)4-10(9)24)6-1-5(16)2-8(17)11(6)18/h1-3,24H,4H2,(H,23,25). The molecular weight excluding hydrogens is 427 g/mol. The number of carbonyl (C=O) groups excluding carboxylic acids is 1. The summed E-state index contributed by atoms with van der Waals surface area (Å²) in [6.45, 7) is 0. The second-order valence-corrected chi connectivity index (χ2v) is 6.00. The van der Waals surface area contributed by atoms with E-state index in [1.54, 1.807) is 15.9 Å². The van der Waals surface area contributed by atoms with Crippen molar-refractivity contribution in [3.05, 3.63) is 52.7 Å². The first-order chi connectivity index (χ1) is 11.3. The zero-order valence-electron chi connectivity index (χ0n) is 11.8. The molecular formula is C14H7BrF7NO2. The number of halogens is 8. The number of allylic oxidation sites excluding steroid dienone is 3. The Hall–Kier alpha value is -2.04. The van der Waals surface area contributed by atoms with Crippen LogP contribution in [-0.4, -0.2) is 21.8 Å². The van der Waals surface area contributed by atoms with E-state index in [1.807, 2.05) is 0 Å². The molecule has 0 bridgehead atoms. The number of aliphatic hydroxyl groups excluding tert-OH is 1. The molecule has 0 aromatic heterocycles. The lowest BCUT2D eigenvalue weighted by Crippen LogP contribution is -2.37. The van der Waals surface area contributed by atoms with Gasteiger partial charge in [0.2, 0.25) is 0 Å².